The third-order valence-corrected chi connectivity index (χ3v) is 1.18. The van der Waals surface area contributed by atoms with Gasteiger partial charge in [-0.2, -0.15) is 0 Å². The molecule has 0 aliphatic rings. The van der Waals surface area contributed by atoms with Crippen LogP contribution in [-0.4, -0.2) is 42.3 Å². The molecular formula is C7H18N2O. The van der Waals surface area contributed by atoms with Gasteiger partial charge in [0.05, 0.1) is 6.10 Å². The smallest absolute Gasteiger partial charge is 0.0638 e. The molecule has 1 unspecified atom stereocenters. The van der Waals surface area contributed by atoms with Crippen LogP contribution in [0, 0.1) is 0 Å². The Bertz CT molecular complexity index is 73.7. The molecule has 3 nitrogen and oxygen atoms in total. The van der Waals surface area contributed by atoms with E-state index in [0.717, 1.165) is 6.54 Å². The van der Waals surface area contributed by atoms with Crippen LogP contribution < -0.4 is 5.73 Å². The van der Waals surface area contributed by atoms with Gasteiger partial charge in [-0.05, 0) is 20.9 Å². The zero-order chi connectivity index (χ0) is 8.15. The van der Waals surface area contributed by atoms with E-state index in [1.807, 2.05) is 18.9 Å². The van der Waals surface area contributed by atoms with E-state index < -0.39 is 0 Å². The molecule has 0 saturated carbocycles. The molecule has 0 saturated heterocycles. The van der Waals surface area contributed by atoms with Gasteiger partial charge in [0, 0.05) is 19.1 Å². The molecule has 0 spiro atoms. The van der Waals surface area contributed by atoms with Gasteiger partial charge in [0.2, 0.25) is 0 Å². The lowest BCUT2D eigenvalue weighted by Gasteiger charge is -2.19. The van der Waals surface area contributed by atoms with Gasteiger partial charge in [-0.1, -0.05) is 0 Å². The van der Waals surface area contributed by atoms with Gasteiger partial charge in [-0.3, -0.25) is 0 Å². The Morgan fingerprint density at radius 3 is 2.20 bits per heavy atom. The maximum absolute atomic E-state index is 8.95. The van der Waals surface area contributed by atoms with Crippen LogP contribution in [0.25, 0.3) is 0 Å². The quantitative estimate of drug-likeness (QED) is 0.570. The highest BCUT2D eigenvalue weighted by molar-refractivity contribution is 4.61. The van der Waals surface area contributed by atoms with Crippen molar-refractivity contribution in [1.82, 2.24) is 4.90 Å². The fourth-order valence-electron chi connectivity index (χ4n) is 1.02. The molecule has 0 aliphatic carbocycles. The summed E-state index contributed by atoms with van der Waals surface area (Å²) in [6, 6.07) is 0.184. The number of hydrogen-bond acceptors (Lipinski definition) is 3. The summed E-state index contributed by atoms with van der Waals surface area (Å²) in [5.74, 6) is 0. The van der Waals surface area contributed by atoms with Crippen LogP contribution in [0.3, 0.4) is 0 Å². The first-order chi connectivity index (χ1) is 4.52. The number of nitrogens with two attached hydrogens (primary N) is 1. The lowest BCUT2D eigenvalue weighted by Crippen LogP contribution is -2.36. The summed E-state index contributed by atoms with van der Waals surface area (Å²) in [7, 11) is 1.95. The minimum Gasteiger partial charge on any atom is -0.392 e. The maximum atomic E-state index is 8.95. The standard InChI is InChI=1S/C7H18N2O/c1-6(8)4-9(3)5-7(2)10/h6-7,10H,4-5,8H2,1-3H3/t6?,7-/m1/s1. The number of nitrogens with zero attached hydrogens (tertiary/aromatic N) is 1. The van der Waals surface area contributed by atoms with Gasteiger partial charge in [0.1, 0.15) is 0 Å². The summed E-state index contributed by atoms with van der Waals surface area (Å²) in [6.07, 6.45) is -0.260. The second-order valence-corrected chi connectivity index (χ2v) is 3.05. The van der Waals surface area contributed by atoms with Gasteiger partial charge >= 0.3 is 0 Å². The van der Waals surface area contributed by atoms with E-state index in [-0.39, 0.29) is 12.1 Å². The minimum absolute atomic E-state index is 0.184. The Kier molecular flexibility index (Phi) is 4.60. The molecule has 10 heavy (non-hydrogen) atoms. The number of rotatable bonds is 4. The topological polar surface area (TPSA) is 49.5 Å². The minimum atomic E-state index is -0.260. The molecule has 0 aromatic heterocycles. The molecule has 0 aliphatic heterocycles. The monoisotopic (exact) mass is 146 g/mol. The van der Waals surface area contributed by atoms with Crippen molar-refractivity contribution in [1.29, 1.82) is 0 Å². The van der Waals surface area contributed by atoms with E-state index in [4.69, 9.17) is 10.8 Å². The average molecular weight is 146 g/mol. The normalized spacial score (nSPS) is 17.4. The summed E-state index contributed by atoms with van der Waals surface area (Å²) in [5.41, 5.74) is 5.55. The first kappa shape index (κ1) is 9.88. The Morgan fingerprint density at radius 1 is 1.40 bits per heavy atom. The van der Waals surface area contributed by atoms with Crippen LogP contribution in [-0.2, 0) is 0 Å². The predicted molar refractivity (Wildman–Crippen MR) is 42.8 cm³/mol. The molecule has 0 rings (SSSR count). The second-order valence-electron chi connectivity index (χ2n) is 3.05. The molecule has 3 N–H and O–H groups in total. The van der Waals surface area contributed by atoms with Crippen molar-refractivity contribution in [2.45, 2.75) is 26.0 Å². The zero-order valence-corrected chi connectivity index (χ0v) is 7.04. The van der Waals surface area contributed by atoms with Crippen LogP contribution in [0.1, 0.15) is 13.8 Å². The summed E-state index contributed by atoms with van der Waals surface area (Å²) >= 11 is 0. The van der Waals surface area contributed by atoms with Crippen molar-refractivity contribution in [3.63, 3.8) is 0 Å². The zero-order valence-electron chi connectivity index (χ0n) is 7.04. The molecule has 2 atom stereocenters. The van der Waals surface area contributed by atoms with Gasteiger partial charge in [0.15, 0.2) is 0 Å². The van der Waals surface area contributed by atoms with Crippen LogP contribution in [0.2, 0.25) is 0 Å². The molecule has 0 fully saturated rings. The highest BCUT2D eigenvalue weighted by Crippen LogP contribution is 1.88. The van der Waals surface area contributed by atoms with Crippen molar-refractivity contribution in [2.75, 3.05) is 20.1 Å². The van der Waals surface area contributed by atoms with Gasteiger partial charge in [0.25, 0.3) is 0 Å². The summed E-state index contributed by atoms with van der Waals surface area (Å²) in [5, 5.41) is 8.95. The fourth-order valence-corrected chi connectivity index (χ4v) is 1.02. The predicted octanol–water partition coefficient (Wildman–Crippen LogP) is -0.354. The van der Waals surface area contributed by atoms with E-state index >= 15 is 0 Å². The average Bonchev–Trinajstić information content (AvgIpc) is 1.58. The van der Waals surface area contributed by atoms with Crippen molar-refractivity contribution >= 4 is 0 Å². The number of hydrogen-bond donors (Lipinski definition) is 2. The van der Waals surface area contributed by atoms with E-state index in [2.05, 4.69) is 0 Å². The molecule has 0 radical (unpaired) electrons. The van der Waals surface area contributed by atoms with Crippen molar-refractivity contribution in [2.24, 2.45) is 5.73 Å². The van der Waals surface area contributed by atoms with Crippen LogP contribution in [0.4, 0.5) is 0 Å². The first-order valence-electron chi connectivity index (χ1n) is 3.64. The van der Waals surface area contributed by atoms with E-state index in [0.29, 0.717) is 6.54 Å². The summed E-state index contributed by atoms with van der Waals surface area (Å²) < 4.78 is 0. The van der Waals surface area contributed by atoms with Crippen LogP contribution in [0.15, 0.2) is 0 Å². The molecular weight excluding hydrogens is 128 g/mol. The first-order valence-corrected chi connectivity index (χ1v) is 3.64. The molecule has 0 aromatic carbocycles. The Hall–Kier alpha value is -0.120. The maximum Gasteiger partial charge on any atom is 0.0638 e. The second kappa shape index (κ2) is 4.66. The lowest BCUT2D eigenvalue weighted by atomic mass is 10.3. The van der Waals surface area contributed by atoms with E-state index in [1.165, 1.54) is 0 Å². The SMILES string of the molecule is CC(N)CN(C)C[C@@H](C)O. The number of aliphatic hydroxyl groups excluding tert-OH is 1. The molecule has 3 heteroatoms. The van der Waals surface area contributed by atoms with Crippen LogP contribution in [0.5, 0.6) is 0 Å². The van der Waals surface area contributed by atoms with E-state index in [9.17, 15) is 0 Å². The molecule has 62 valence electrons. The van der Waals surface area contributed by atoms with Crippen molar-refractivity contribution in [3.8, 4) is 0 Å². The highest BCUT2D eigenvalue weighted by Gasteiger charge is 2.03. The Morgan fingerprint density at radius 2 is 1.90 bits per heavy atom. The van der Waals surface area contributed by atoms with E-state index in [1.54, 1.807) is 6.92 Å². The van der Waals surface area contributed by atoms with Gasteiger partial charge in [-0.15, -0.1) is 0 Å². The summed E-state index contributed by atoms with van der Waals surface area (Å²) in [6.45, 7) is 5.27. The molecule has 0 heterocycles. The van der Waals surface area contributed by atoms with Crippen molar-refractivity contribution in [3.05, 3.63) is 0 Å². The number of aliphatic hydroxyl groups is 1. The summed E-state index contributed by atoms with van der Waals surface area (Å²) in [4.78, 5) is 2.02. The Balaban J connectivity index is 3.34. The molecule has 0 bridgehead atoms. The van der Waals surface area contributed by atoms with Gasteiger partial charge < -0.3 is 15.7 Å². The molecule has 0 amide bonds. The van der Waals surface area contributed by atoms with Crippen LogP contribution >= 0.6 is 0 Å². The fraction of sp³-hybridized carbons (Fsp3) is 1.00. The lowest BCUT2D eigenvalue weighted by molar-refractivity contribution is 0.139. The van der Waals surface area contributed by atoms with Gasteiger partial charge in [-0.25, -0.2) is 0 Å². The Labute approximate surface area is 62.8 Å². The van der Waals surface area contributed by atoms with Crippen molar-refractivity contribution < 1.29 is 5.11 Å². The third-order valence-electron chi connectivity index (χ3n) is 1.18. The highest BCUT2D eigenvalue weighted by atomic mass is 16.3. The molecule has 0 aromatic rings. The largest absolute Gasteiger partial charge is 0.392 e. The number of likely N-dealkylation sites (N-methyl/N-ethyl adjacent to an activating group) is 1. The third kappa shape index (κ3) is 6.01.